The van der Waals surface area contributed by atoms with E-state index < -0.39 is 0 Å². The number of nitrogens with one attached hydrogen (secondary N) is 1. The van der Waals surface area contributed by atoms with Gasteiger partial charge in [0.1, 0.15) is 0 Å². The minimum absolute atomic E-state index is 0.113. The largest absolute Gasteiger partial charge is 0.403 e. The number of hydrogen-bond donors (Lipinski definition) is 1. The van der Waals surface area contributed by atoms with E-state index in [9.17, 15) is 4.79 Å². The molecule has 0 radical (unpaired) electrons. The first-order chi connectivity index (χ1) is 11.6. The molecular weight excluding hydrogens is 322 g/mol. The molecule has 0 spiro atoms. The Morgan fingerprint density at radius 3 is 2.62 bits per heavy atom. The fourth-order valence-electron chi connectivity index (χ4n) is 2.09. The number of anilines is 1. The molecule has 1 heterocycles. The van der Waals surface area contributed by atoms with Gasteiger partial charge in [0.2, 0.25) is 11.8 Å². The summed E-state index contributed by atoms with van der Waals surface area (Å²) in [6, 6.07) is 15.8. The number of hydrogen-bond acceptors (Lipinski definition) is 5. The van der Waals surface area contributed by atoms with Crippen molar-refractivity contribution in [3.05, 3.63) is 59.7 Å². The van der Waals surface area contributed by atoms with Crippen LogP contribution in [0.1, 0.15) is 11.1 Å². The maximum Gasteiger partial charge on any atom is 0.322 e. The number of nitrogens with zero attached hydrogens (tertiary/aromatic N) is 2. The lowest BCUT2D eigenvalue weighted by Crippen LogP contribution is -2.14. The van der Waals surface area contributed by atoms with Crippen LogP contribution in [-0.4, -0.2) is 21.9 Å². The molecule has 5 nitrogen and oxygen atoms in total. The van der Waals surface area contributed by atoms with E-state index in [1.807, 2.05) is 62.4 Å². The molecule has 1 N–H and O–H groups in total. The molecule has 1 amide bonds. The average Bonchev–Trinajstić information content (AvgIpc) is 3.05. The fourth-order valence-corrected chi connectivity index (χ4v) is 2.81. The summed E-state index contributed by atoms with van der Waals surface area (Å²) < 4.78 is 5.52. The molecule has 0 fully saturated rings. The zero-order chi connectivity index (χ0) is 16.9. The number of aryl methyl sites for hydroxylation is 2. The first kappa shape index (κ1) is 16.3. The predicted octanol–water partition coefficient (Wildman–Crippen LogP) is 4.08. The van der Waals surface area contributed by atoms with Crippen LogP contribution < -0.4 is 5.32 Å². The Hall–Kier alpha value is -2.60. The highest BCUT2D eigenvalue weighted by atomic mass is 32.2. The molecule has 6 heteroatoms. The lowest BCUT2D eigenvalue weighted by atomic mass is 10.1. The summed E-state index contributed by atoms with van der Waals surface area (Å²) >= 11 is 1.45. The lowest BCUT2D eigenvalue weighted by Gasteiger charge is -2.02. The standard InChI is InChI=1S/C18H17N3O2S/c1-12-8-9-14(10-13(12)2)17-20-21-18(23-17)19-16(22)11-24-15-6-4-3-5-7-15/h3-10H,11H2,1-2H3,(H,19,21,22). The molecule has 2 aromatic carbocycles. The molecule has 3 rings (SSSR count). The van der Waals surface area contributed by atoms with Crippen LogP contribution in [0.5, 0.6) is 0 Å². The zero-order valence-electron chi connectivity index (χ0n) is 13.4. The van der Waals surface area contributed by atoms with Gasteiger partial charge >= 0.3 is 6.01 Å². The van der Waals surface area contributed by atoms with Gasteiger partial charge in [0, 0.05) is 10.5 Å². The van der Waals surface area contributed by atoms with E-state index in [1.165, 1.54) is 17.3 Å². The van der Waals surface area contributed by atoms with Crippen molar-refractivity contribution < 1.29 is 9.21 Å². The molecule has 0 saturated carbocycles. The van der Waals surface area contributed by atoms with Gasteiger partial charge in [-0.2, -0.15) is 0 Å². The number of thioether (sulfide) groups is 1. The van der Waals surface area contributed by atoms with Gasteiger partial charge in [0.25, 0.3) is 0 Å². The summed E-state index contributed by atoms with van der Waals surface area (Å²) in [6.45, 7) is 4.07. The second-order valence-electron chi connectivity index (χ2n) is 5.36. The normalized spacial score (nSPS) is 10.6. The van der Waals surface area contributed by atoms with Crippen molar-refractivity contribution in [2.75, 3.05) is 11.1 Å². The van der Waals surface area contributed by atoms with E-state index in [4.69, 9.17) is 4.42 Å². The molecule has 3 aromatic rings. The number of rotatable bonds is 5. The number of carbonyl (C=O) groups is 1. The van der Waals surface area contributed by atoms with Gasteiger partial charge in [-0.1, -0.05) is 29.4 Å². The van der Waals surface area contributed by atoms with Crippen LogP contribution >= 0.6 is 11.8 Å². The van der Waals surface area contributed by atoms with E-state index in [-0.39, 0.29) is 17.7 Å². The molecule has 122 valence electrons. The molecule has 0 aliphatic carbocycles. The predicted molar refractivity (Wildman–Crippen MR) is 95.0 cm³/mol. The Balaban J connectivity index is 1.61. The van der Waals surface area contributed by atoms with Crippen LogP contribution in [0.3, 0.4) is 0 Å². The molecule has 0 atom stereocenters. The van der Waals surface area contributed by atoms with E-state index in [1.54, 1.807) is 0 Å². The Kier molecular flexibility index (Phi) is 4.96. The summed E-state index contributed by atoms with van der Waals surface area (Å²) in [7, 11) is 0. The first-order valence-corrected chi connectivity index (χ1v) is 8.49. The summed E-state index contributed by atoms with van der Waals surface area (Å²) in [5.74, 6) is 0.494. The quantitative estimate of drug-likeness (QED) is 0.709. The Labute approximate surface area is 144 Å². The second-order valence-corrected chi connectivity index (χ2v) is 6.41. The third-order valence-electron chi connectivity index (χ3n) is 3.54. The summed E-state index contributed by atoms with van der Waals surface area (Å²) in [4.78, 5) is 13.0. The van der Waals surface area contributed by atoms with Crippen molar-refractivity contribution in [2.45, 2.75) is 18.7 Å². The van der Waals surface area contributed by atoms with Gasteiger partial charge in [0.05, 0.1) is 5.75 Å². The van der Waals surface area contributed by atoms with Gasteiger partial charge in [-0.3, -0.25) is 10.1 Å². The van der Waals surface area contributed by atoms with Crippen molar-refractivity contribution in [3.8, 4) is 11.5 Å². The monoisotopic (exact) mass is 339 g/mol. The maximum absolute atomic E-state index is 12.0. The van der Waals surface area contributed by atoms with Crippen molar-refractivity contribution >= 4 is 23.7 Å². The zero-order valence-corrected chi connectivity index (χ0v) is 14.3. The summed E-state index contributed by atoms with van der Waals surface area (Å²) in [6.07, 6.45) is 0. The summed E-state index contributed by atoms with van der Waals surface area (Å²) in [5, 5.41) is 10.5. The molecule has 0 unspecified atom stereocenters. The molecule has 0 aliphatic rings. The fraction of sp³-hybridized carbons (Fsp3) is 0.167. The van der Waals surface area contributed by atoms with Crippen LogP contribution in [0.25, 0.3) is 11.5 Å². The topological polar surface area (TPSA) is 68.0 Å². The van der Waals surface area contributed by atoms with Gasteiger partial charge in [0.15, 0.2) is 0 Å². The highest BCUT2D eigenvalue weighted by Crippen LogP contribution is 2.23. The van der Waals surface area contributed by atoms with Crippen LogP contribution in [0, 0.1) is 13.8 Å². The maximum atomic E-state index is 12.0. The van der Waals surface area contributed by atoms with E-state index in [0.717, 1.165) is 16.0 Å². The average molecular weight is 339 g/mol. The third kappa shape index (κ3) is 4.02. The SMILES string of the molecule is Cc1ccc(-c2nnc(NC(=O)CSc3ccccc3)o2)cc1C. The third-order valence-corrected chi connectivity index (χ3v) is 4.55. The van der Waals surface area contributed by atoms with Crippen LogP contribution in [0.2, 0.25) is 0 Å². The van der Waals surface area contributed by atoms with Crippen LogP contribution in [-0.2, 0) is 4.79 Å². The molecule has 24 heavy (non-hydrogen) atoms. The number of amides is 1. The second kappa shape index (κ2) is 7.31. The van der Waals surface area contributed by atoms with E-state index in [0.29, 0.717) is 5.89 Å². The van der Waals surface area contributed by atoms with Crippen molar-refractivity contribution in [3.63, 3.8) is 0 Å². The molecule has 0 bridgehead atoms. The number of aromatic nitrogens is 2. The molecular formula is C18H17N3O2S. The van der Waals surface area contributed by atoms with Gasteiger partial charge in [-0.15, -0.1) is 16.9 Å². The van der Waals surface area contributed by atoms with Gasteiger partial charge in [-0.05, 0) is 49.2 Å². The van der Waals surface area contributed by atoms with Gasteiger partial charge in [-0.25, -0.2) is 0 Å². The minimum atomic E-state index is -0.181. The highest BCUT2D eigenvalue weighted by molar-refractivity contribution is 8.00. The highest BCUT2D eigenvalue weighted by Gasteiger charge is 2.12. The van der Waals surface area contributed by atoms with Crippen LogP contribution in [0.15, 0.2) is 57.8 Å². The summed E-state index contributed by atoms with van der Waals surface area (Å²) in [5.41, 5.74) is 3.19. The van der Waals surface area contributed by atoms with Crippen LogP contribution in [0.4, 0.5) is 6.01 Å². The molecule has 0 saturated heterocycles. The first-order valence-electron chi connectivity index (χ1n) is 7.50. The Morgan fingerprint density at radius 1 is 1.08 bits per heavy atom. The van der Waals surface area contributed by atoms with Crippen molar-refractivity contribution in [1.29, 1.82) is 0 Å². The molecule has 0 aliphatic heterocycles. The van der Waals surface area contributed by atoms with Crippen molar-refractivity contribution in [1.82, 2.24) is 10.2 Å². The Morgan fingerprint density at radius 2 is 1.88 bits per heavy atom. The smallest absolute Gasteiger partial charge is 0.322 e. The van der Waals surface area contributed by atoms with E-state index >= 15 is 0 Å². The lowest BCUT2D eigenvalue weighted by molar-refractivity contribution is -0.113. The molecule has 1 aromatic heterocycles. The van der Waals surface area contributed by atoms with Gasteiger partial charge < -0.3 is 4.42 Å². The number of carbonyl (C=O) groups excluding carboxylic acids is 1. The van der Waals surface area contributed by atoms with E-state index in [2.05, 4.69) is 15.5 Å². The minimum Gasteiger partial charge on any atom is -0.403 e. The number of benzene rings is 2. The van der Waals surface area contributed by atoms with Crippen molar-refractivity contribution in [2.24, 2.45) is 0 Å². The Bertz CT molecular complexity index is 846.